The van der Waals surface area contributed by atoms with Gasteiger partial charge in [0.05, 0.1) is 11.1 Å². The van der Waals surface area contributed by atoms with Gasteiger partial charge in [0, 0.05) is 18.1 Å². The third-order valence-electron chi connectivity index (χ3n) is 4.28. The summed E-state index contributed by atoms with van der Waals surface area (Å²) in [5.74, 6) is 0.0788. The molecule has 0 radical (unpaired) electrons. The zero-order chi connectivity index (χ0) is 14.7. The molecular weight excluding hydrogens is 262 g/mol. The highest BCUT2D eigenvalue weighted by Crippen LogP contribution is 2.20. The van der Waals surface area contributed by atoms with E-state index in [2.05, 4.69) is 15.6 Å². The number of amides is 1. The molecule has 1 unspecified atom stereocenters. The Bertz CT molecular complexity index is 642. The van der Waals surface area contributed by atoms with E-state index in [1.807, 2.05) is 37.3 Å². The third kappa shape index (κ3) is 2.90. The van der Waals surface area contributed by atoms with Crippen LogP contribution in [-0.4, -0.2) is 23.0 Å². The lowest BCUT2D eigenvalue weighted by atomic mass is 9.90. The molecule has 1 aromatic heterocycles. The van der Waals surface area contributed by atoms with Crippen LogP contribution in [0.2, 0.25) is 0 Å². The van der Waals surface area contributed by atoms with Gasteiger partial charge in [-0.2, -0.15) is 0 Å². The molecule has 0 saturated carbocycles. The predicted octanol–water partition coefficient (Wildman–Crippen LogP) is 2.38. The summed E-state index contributed by atoms with van der Waals surface area (Å²) in [5, 5.41) is 7.50. The molecule has 21 heavy (non-hydrogen) atoms. The van der Waals surface area contributed by atoms with E-state index < -0.39 is 5.54 Å². The highest BCUT2D eigenvalue weighted by Gasteiger charge is 2.33. The Balaban J connectivity index is 1.73. The minimum Gasteiger partial charge on any atom is -0.350 e. The molecule has 2 aromatic rings. The van der Waals surface area contributed by atoms with Crippen LogP contribution in [0.3, 0.4) is 0 Å². The number of nitrogens with zero attached hydrogens (tertiary/aromatic N) is 1. The summed E-state index contributed by atoms with van der Waals surface area (Å²) in [7, 11) is 0. The highest BCUT2D eigenvalue weighted by molar-refractivity contribution is 5.87. The summed E-state index contributed by atoms with van der Waals surface area (Å²) in [6.45, 7) is 3.42. The van der Waals surface area contributed by atoms with Crippen molar-refractivity contribution in [2.45, 2.75) is 38.3 Å². The number of para-hydroxylation sites is 1. The molecule has 4 heteroatoms. The van der Waals surface area contributed by atoms with Crippen molar-refractivity contribution in [3.63, 3.8) is 0 Å². The Labute approximate surface area is 125 Å². The smallest absolute Gasteiger partial charge is 0.240 e. The van der Waals surface area contributed by atoms with E-state index in [0.29, 0.717) is 6.54 Å². The van der Waals surface area contributed by atoms with Gasteiger partial charge in [-0.05, 0) is 44.4 Å². The molecule has 2 N–H and O–H groups in total. The number of hydrogen-bond donors (Lipinski definition) is 2. The average molecular weight is 283 g/mol. The minimum atomic E-state index is -0.434. The number of carbonyl (C=O) groups is 1. The second-order valence-corrected chi connectivity index (χ2v) is 5.89. The van der Waals surface area contributed by atoms with Crippen LogP contribution in [0.25, 0.3) is 10.9 Å². The molecule has 1 atom stereocenters. The fourth-order valence-electron chi connectivity index (χ4n) is 2.93. The number of hydrogen-bond acceptors (Lipinski definition) is 3. The van der Waals surface area contributed by atoms with Crippen molar-refractivity contribution in [3.05, 3.63) is 42.1 Å². The molecule has 0 spiro atoms. The molecule has 0 aliphatic carbocycles. The normalized spacial score (nSPS) is 22.1. The molecule has 110 valence electrons. The van der Waals surface area contributed by atoms with Crippen molar-refractivity contribution < 1.29 is 4.79 Å². The Morgan fingerprint density at radius 2 is 2.19 bits per heavy atom. The fraction of sp³-hybridized carbons (Fsp3) is 0.412. The van der Waals surface area contributed by atoms with Gasteiger partial charge >= 0.3 is 0 Å². The van der Waals surface area contributed by atoms with E-state index >= 15 is 0 Å². The van der Waals surface area contributed by atoms with Crippen molar-refractivity contribution >= 4 is 16.8 Å². The Hall–Kier alpha value is -1.94. The molecule has 1 aromatic carbocycles. The number of nitrogens with one attached hydrogen (secondary N) is 2. The van der Waals surface area contributed by atoms with E-state index in [1.165, 1.54) is 0 Å². The lowest BCUT2D eigenvalue weighted by molar-refractivity contribution is -0.128. The number of aromatic nitrogens is 1. The maximum Gasteiger partial charge on any atom is 0.240 e. The highest BCUT2D eigenvalue weighted by atomic mass is 16.2. The number of benzene rings is 1. The number of pyridine rings is 1. The molecule has 1 fully saturated rings. The first-order chi connectivity index (χ1) is 10.2. The number of piperidine rings is 1. The van der Waals surface area contributed by atoms with Gasteiger partial charge in [0.1, 0.15) is 0 Å². The molecule has 1 aliphatic heterocycles. The summed E-state index contributed by atoms with van der Waals surface area (Å²) >= 11 is 0. The monoisotopic (exact) mass is 283 g/mol. The summed E-state index contributed by atoms with van der Waals surface area (Å²) in [6.07, 6.45) is 4.94. The van der Waals surface area contributed by atoms with Gasteiger partial charge in [-0.25, -0.2) is 0 Å². The Morgan fingerprint density at radius 3 is 3.00 bits per heavy atom. The van der Waals surface area contributed by atoms with Crippen LogP contribution < -0.4 is 10.6 Å². The first-order valence-corrected chi connectivity index (χ1v) is 7.55. The predicted molar refractivity (Wildman–Crippen MR) is 83.8 cm³/mol. The summed E-state index contributed by atoms with van der Waals surface area (Å²) in [5.41, 5.74) is 1.58. The Morgan fingerprint density at radius 1 is 1.33 bits per heavy atom. The zero-order valence-electron chi connectivity index (χ0n) is 12.4. The quantitative estimate of drug-likeness (QED) is 0.909. The molecular formula is C17H21N3O. The van der Waals surface area contributed by atoms with Gasteiger partial charge < -0.3 is 10.6 Å². The van der Waals surface area contributed by atoms with Crippen LogP contribution in [0.15, 0.2) is 36.5 Å². The number of rotatable bonds is 3. The summed E-state index contributed by atoms with van der Waals surface area (Å²) < 4.78 is 0. The van der Waals surface area contributed by atoms with Crippen LogP contribution in [-0.2, 0) is 11.3 Å². The van der Waals surface area contributed by atoms with E-state index in [-0.39, 0.29) is 5.91 Å². The van der Waals surface area contributed by atoms with Gasteiger partial charge in [-0.1, -0.05) is 24.3 Å². The summed E-state index contributed by atoms with van der Waals surface area (Å²) in [4.78, 5) is 16.9. The van der Waals surface area contributed by atoms with Crippen LogP contribution >= 0.6 is 0 Å². The largest absolute Gasteiger partial charge is 0.350 e. The van der Waals surface area contributed by atoms with Gasteiger partial charge in [0.15, 0.2) is 0 Å². The lowest BCUT2D eigenvalue weighted by Gasteiger charge is -2.33. The van der Waals surface area contributed by atoms with E-state index in [1.54, 1.807) is 6.20 Å². The molecule has 3 rings (SSSR count). The van der Waals surface area contributed by atoms with Crippen LogP contribution in [0.5, 0.6) is 0 Å². The van der Waals surface area contributed by atoms with Crippen molar-refractivity contribution in [2.75, 3.05) is 6.54 Å². The average Bonchev–Trinajstić information content (AvgIpc) is 2.53. The second kappa shape index (κ2) is 5.82. The third-order valence-corrected chi connectivity index (χ3v) is 4.28. The molecule has 4 nitrogen and oxygen atoms in total. The number of carbonyl (C=O) groups excluding carboxylic acids is 1. The molecule has 1 aliphatic rings. The first kappa shape index (κ1) is 14.0. The van der Waals surface area contributed by atoms with E-state index in [0.717, 1.165) is 42.3 Å². The topological polar surface area (TPSA) is 54.0 Å². The number of fused-ring (bicyclic) bond motifs is 1. The molecule has 2 heterocycles. The van der Waals surface area contributed by atoms with Gasteiger partial charge in [-0.15, -0.1) is 0 Å². The minimum absolute atomic E-state index is 0.0788. The molecule has 1 amide bonds. The maximum atomic E-state index is 12.4. The van der Waals surface area contributed by atoms with Crippen LogP contribution in [0, 0.1) is 0 Å². The maximum absolute atomic E-state index is 12.4. The van der Waals surface area contributed by atoms with Gasteiger partial charge in [0.2, 0.25) is 5.91 Å². The summed E-state index contributed by atoms with van der Waals surface area (Å²) in [6, 6.07) is 10.0. The van der Waals surface area contributed by atoms with Crippen molar-refractivity contribution in [1.82, 2.24) is 15.6 Å². The molecule has 1 saturated heterocycles. The lowest BCUT2D eigenvalue weighted by Crippen LogP contribution is -2.56. The van der Waals surface area contributed by atoms with Crippen molar-refractivity contribution in [1.29, 1.82) is 0 Å². The first-order valence-electron chi connectivity index (χ1n) is 7.55. The van der Waals surface area contributed by atoms with E-state index in [4.69, 9.17) is 0 Å². The zero-order valence-corrected chi connectivity index (χ0v) is 12.4. The second-order valence-electron chi connectivity index (χ2n) is 5.89. The SMILES string of the molecule is CC1(C(=O)NCc2cccc3cccnc23)CCCCN1. The Kier molecular flexibility index (Phi) is 3.88. The standard InChI is InChI=1S/C17H21N3O/c1-17(9-2-3-11-20-17)16(21)19-12-14-7-4-6-13-8-5-10-18-15(13)14/h4-8,10,20H,2-3,9,11-12H2,1H3,(H,19,21). The fourth-order valence-corrected chi connectivity index (χ4v) is 2.93. The van der Waals surface area contributed by atoms with Crippen LogP contribution in [0.4, 0.5) is 0 Å². The van der Waals surface area contributed by atoms with E-state index in [9.17, 15) is 4.79 Å². The van der Waals surface area contributed by atoms with Crippen molar-refractivity contribution in [3.8, 4) is 0 Å². The van der Waals surface area contributed by atoms with Crippen molar-refractivity contribution in [2.24, 2.45) is 0 Å². The molecule has 0 bridgehead atoms. The van der Waals surface area contributed by atoms with Crippen LogP contribution in [0.1, 0.15) is 31.7 Å². The van der Waals surface area contributed by atoms with Gasteiger partial charge in [-0.3, -0.25) is 9.78 Å². The van der Waals surface area contributed by atoms with Gasteiger partial charge in [0.25, 0.3) is 0 Å².